The number of para-hydroxylation sites is 1. The lowest BCUT2D eigenvalue weighted by atomic mass is 10.1. The van der Waals surface area contributed by atoms with Crippen LogP contribution in [0.4, 0.5) is 0 Å². The lowest BCUT2D eigenvalue weighted by Crippen LogP contribution is -2.47. The van der Waals surface area contributed by atoms with E-state index in [4.69, 9.17) is 19.2 Å². The zero-order valence-corrected chi connectivity index (χ0v) is 19.1. The molecule has 1 fully saturated rings. The van der Waals surface area contributed by atoms with Gasteiger partial charge in [0.2, 0.25) is 0 Å². The summed E-state index contributed by atoms with van der Waals surface area (Å²) in [4.78, 5) is 7.04. The molecule has 6 nitrogen and oxygen atoms in total. The van der Waals surface area contributed by atoms with Crippen LogP contribution in [0, 0.1) is 0 Å². The van der Waals surface area contributed by atoms with Gasteiger partial charge in [0.25, 0.3) is 0 Å². The molecule has 1 saturated heterocycles. The second-order valence-electron chi connectivity index (χ2n) is 6.24. The predicted octanol–water partition coefficient (Wildman–Crippen LogP) is 3.30. The number of halogens is 1. The molecular weight excluding hydrogens is 457 g/mol. The van der Waals surface area contributed by atoms with Crippen LogP contribution in [0.15, 0.2) is 29.3 Å². The van der Waals surface area contributed by atoms with Crippen molar-refractivity contribution in [2.45, 2.75) is 39.4 Å². The molecule has 1 aliphatic heterocycles. The van der Waals surface area contributed by atoms with Crippen LogP contribution in [-0.4, -0.2) is 63.5 Å². The van der Waals surface area contributed by atoms with Crippen LogP contribution in [0.5, 0.6) is 5.75 Å². The summed E-state index contributed by atoms with van der Waals surface area (Å²) in [5.74, 6) is 1.84. The van der Waals surface area contributed by atoms with Gasteiger partial charge in [-0.1, -0.05) is 18.2 Å². The molecule has 0 aromatic heterocycles. The third-order valence-electron chi connectivity index (χ3n) is 4.43. The maximum Gasteiger partial charge on any atom is 0.193 e. The van der Waals surface area contributed by atoms with Gasteiger partial charge in [0, 0.05) is 31.8 Å². The van der Waals surface area contributed by atoms with Crippen LogP contribution in [0.1, 0.15) is 32.3 Å². The number of piperidine rings is 1. The van der Waals surface area contributed by atoms with E-state index >= 15 is 0 Å². The van der Waals surface area contributed by atoms with Crippen LogP contribution >= 0.6 is 24.0 Å². The first-order valence-corrected chi connectivity index (χ1v) is 9.63. The van der Waals surface area contributed by atoms with Crippen LogP contribution in [0.2, 0.25) is 0 Å². The summed E-state index contributed by atoms with van der Waals surface area (Å²) < 4.78 is 16.8. The Kier molecular flexibility index (Phi) is 12.4. The molecule has 1 aromatic rings. The lowest BCUT2D eigenvalue weighted by molar-refractivity contribution is 0.0263. The van der Waals surface area contributed by atoms with Gasteiger partial charge in [-0.05, 0) is 32.8 Å². The van der Waals surface area contributed by atoms with Crippen molar-refractivity contribution in [1.82, 2.24) is 10.2 Å². The van der Waals surface area contributed by atoms with Gasteiger partial charge in [0.1, 0.15) is 5.75 Å². The van der Waals surface area contributed by atoms with Crippen molar-refractivity contribution in [3.63, 3.8) is 0 Å². The van der Waals surface area contributed by atoms with Gasteiger partial charge in [-0.15, -0.1) is 24.0 Å². The number of likely N-dealkylation sites (tertiary alicyclic amines) is 1. The van der Waals surface area contributed by atoms with Crippen molar-refractivity contribution in [3.05, 3.63) is 29.8 Å². The molecule has 1 aromatic carbocycles. The van der Waals surface area contributed by atoms with Crippen LogP contribution < -0.4 is 10.1 Å². The van der Waals surface area contributed by atoms with Crippen LogP contribution in [0.3, 0.4) is 0 Å². The van der Waals surface area contributed by atoms with E-state index < -0.39 is 0 Å². The molecule has 0 unspecified atom stereocenters. The summed E-state index contributed by atoms with van der Waals surface area (Å²) in [5, 5.41) is 3.39. The molecule has 0 amide bonds. The third-order valence-corrected chi connectivity index (χ3v) is 4.43. The van der Waals surface area contributed by atoms with Gasteiger partial charge in [-0.25, -0.2) is 0 Å². The number of ether oxygens (including phenoxy) is 3. The highest BCUT2D eigenvalue weighted by molar-refractivity contribution is 14.0. The molecule has 0 spiro atoms. The monoisotopic (exact) mass is 491 g/mol. The number of hydrogen-bond donors (Lipinski definition) is 1. The Bertz CT molecular complexity index is 549. The normalized spacial score (nSPS) is 15.4. The summed E-state index contributed by atoms with van der Waals surface area (Å²) in [6.45, 7) is 9.55. The minimum atomic E-state index is 0. The Hall–Kier alpha value is -1.06. The average molecular weight is 491 g/mol. The van der Waals surface area contributed by atoms with Gasteiger partial charge < -0.3 is 24.4 Å². The van der Waals surface area contributed by atoms with Gasteiger partial charge in [0.05, 0.1) is 33.0 Å². The fourth-order valence-electron chi connectivity index (χ4n) is 3.12. The number of rotatable bonds is 9. The van der Waals surface area contributed by atoms with E-state index in [1.165, 1.54) is 0 Å². The summed E-state index contributed by atoms with van der Waals surface area (Å²) in [6, 6.07) is 7.93. The van der Waals surface area contributed by atoms with Crippen molar-refractivity contribution < 1.29 is 14.2 Å². The van der Waals surface area contributed by atoms with Crippen molar-refractivity contribution >= 4 is 29.9 Å². The molecule has 1 aliphatic rings. The van der Waals surface area contributed by atoms with Gasteiger partial charge in [-0.2, -0.15) is 0 Å². The quantitative estimate of drug-likeness (QED) is 0.249. The Balaban J connectivity index is 0.00000364. The van der Waals surface area contributed by atoms with E-state index in [0.717, 1.165) is 56.4 Å². The second kappa shape index (κ2) is 14.0. The fourth-order valence-corrected chi connectivity index (χ4v) is 3.12. The molecule has 1 N–H and O–H groups in total. The predicted molar refractivity (Wildman–Crippen MR) is 120 cm³/mol. The number of methoxy groups -OCH3 is 1. The van der Waals surface area contributed by atoms with E-state index in [1.54, 1.807) is 7.11 Å². The topological polar surface area (TPSA) is 55.3 Å². The van der Waals surface area contributed by atoms with E-state index in [0.29, 0.717) is 25.9 Å². The summed E-state index contributed by atoms with van der Waals surface area (Å²) in [7, 11) is 1.68. The summed E-state index contributed by atoms with van der Waals surface area (Å²) in [5.41, 5.74) is 1.06. The van der Waals surface area contributed by atoms with E-state index in [2.05, 4.69) is 24.1 Å². The first kappa shape index (κ1) is 24.0. The molecule has 27 heavy (non-hydrogen) atoms. The zero-order valence-electron chi connectivity index (χ0n) is 16.8. The molecule has 0 atom stereocenters. The van der Waals surface area contributed by atoms with Crippen molar-refractivity contribution in [1.29, 1.82) is 0 Å². The molecule has 0 bridgehead atoms. The van der Waals surface area contributed by atoms with Crippen molar-refractivity contribution in [3.8, 4) is 5.75 Å². The van der Waals surface area contributed by atoms with Gasteiger partial charge in [0.15, 0.2) is 5.96 Å². The molecule has 0 radical (unpaired) electrons. The number of aliphatic imine (C=N–C) groups is 1. The SMILES string of the molecule is CCNC(=NCCOCc1ccccc1OC)N1CCC(OCC)CC1.I. The Morgan fingerprint density at radius 1 is 1.22 bits per heavy atom. The highest BCUT2D eigenvalue weighted by Crippen LogP contribution is 2.18. The fraction of sp³-hybridized carbons (Fsp3) is 0.650. The van der Waals surface area contributed by atoms with Gasteiger partial charge >= 0.3 is 0 Å². The van der Waals surface area contributed by atoms with Crippen LogP contribution in [-0.2, 0) is 16.1 Å². The molecule has 1 heterocycles. The lowest BCUT2D eigenvalue weighted by Gasteiger charge is -2.34. The number of nitrogens with zero attached hydrogens (tertiary/aromatic N) is 2. The maximum absolute atomic E-state index is 5.77. The Morgan fingerprint density at radius 3 is 2.63 bits per heavy atom. The molecular formula is C20H34IN3O3. The smallest absolute Gasteiger partial charge is 0.193 e. The number of nitrogens with one attached hydrogen (secondary N) is 1. The Morgan fingerprint density at radius 2 is 1.96 bits per heavy atom. The highest BCUT2D eigenvalue weighted by Gasteiger charge is 2.21. The largest absolute Gasteiger partial charge is 0.496 e. The van der Waals surface area contributed by atoms with Crippen molar-refractivity contribution in [2.24, 2.45) is 4.99 Å². The Labute approximate surface area is 180 Å². The molecule has 0 aliphatic carbocycles. The van der Waals surface area contributed by atoms with E-state index in [9.17, 15) is 0 Å². The highest BCUT2D eigenvalue weighted by atomic mass is 127. The van der Waals surface area contributed by atoms with E-state index in [1.807, 2.05) is 24.3 Å². The minimum absolute atomic E-state index is 0. The summed E-state index contributed by atoms with van der Waals surface area (Å²) in [6.07, 6.45) is 2.51. The number of hydrogen-bond acceptors (Lipinski definition) is 4. The van der Waals surface area contributed by atoms with E-state index in [-0.39, 0.29) is 24.0 Å². The maximum atomic E-state index is 5.77. The first-order valence-electron chi connectivity index (χ1n) is 9.63. The van der Waals surface area contributed by atoms with Crippen molar-refractivity contribution in [2.75, 3.05) is 46.5 Å². The standard InChI is InChI=1S/C20H33N3O3.HI/c1-4-21-20(23-13-10-18(11-14-23)26-5-2)22-12-15-25-16-17-8-6-7-9-19(17)24-3;/h6-9,18H,4-5,10-16H2,1-3H3,(H,21,22);1H. The second-order valence-corrected chi connectivity index (χ2v) is 6.24. The zero-order chi connectivity index (χ0) is 18.6. The van der Waals surface area contributed by atoms with Crippen LogP contribution in [0.25, 0.3) is 0 Å². The minimum Gasteiger partial charge on any atom is -0.496 e. The molecule has 0 saturated carbocycles. The number of guanidine groups is 1. The molecule has 2 rings (SSSR count). The number of benzene rings is 1. The van der Waals surface area contributed by atoms with Gasteiger partial charge in [-0.3, -0.25) is 4.99 Å². The third kappa shape index (κ3) is 8.23. The average Bonchev–Trinajstić information content (AvgIpc) is 2.68. The molecule has 7 heteroatoms. The first-order chi connectivity index (χ1) is 12.8. The summed E-state index contributed by atoms with van der Waals surface area (Å²) >= 11 is 0. The molecule has 154 valence electrons.